The summed E-state index contributed by atoms with van der Waals surface area (Å²) in [7, 11) is 0. The minimum atomic E-state index is -0.157. The van der Waals surface area contributed by atoms with E-state index in [4.69, 9.17) is 0 Å². The van der Waals surface area contributed by atoms with Gasteiger partial charge in [0.05, 0.1) is 11.4 Å². The molecule has 166 valence electrons. The zero-order valence-corrected chi connectivity index (χ0v) is 18.0. The zero-order valence-electron chi connectivity index (χ0n) is 18.0. The van der Waals surface area contributed by atoms with Crippen LogP contribution < -0.4 is 10.6 Å². The van der Waals surface area contributed by atoms with E-state index in [1.807, 2.05) is 24.3 Å². The van der Waals surface area contributed by atoms with Gasteiger partial charge in [0.1, 0.15) is 12.7 Å². The van der Waals surface area contributed by atoms with Crippen molar-refractivity contribution in [1.82, 2.24) is 29.9 Å². The molecule has 1 aromatic carbocycles. The first-order chi connectivity index (χ1) is 15.2. The molecule has 0 spiro atoms. The summed E-state index contributed by atoms with van der Waals surface area (Å²) in [5.74, 6) is 0.0995. The summed E-state index contributed by atoms with van der Waals surface area (Å²) in [5.41, 5.74) is 1.44. The fraction of sp³-hybridized carbons (Fsp3) is 0.545. The number of amides is 3. The van der Waals surface area contributed by atoms with Crippen molar-refractivity contribution in [3.05, 3.63) is 36.9 Å². The zero-order chi connectivity index (χ0) is 21.6. The van der Waals surface area contributed by atoms with E-state index in [9.17, 15) is 9.59 Å². The summed E-state index contributed by atoms with van der Waals surface area (Å²) in [6.07, 6.45) is 6.80. The molecule has 4 rings (SSSR count). The largest absolute Gasteiger partial charge is 0.354 e. The van der Waals surface area contributed by atoms with Crippen molar-refractivity contribution < 1.29 is 9.59 Å². The Morgan fingerprint density at radius 3 is 2.68 bits per heavy atom. The van der Waals surface area contributed by atoms with Crippen molar-refractivity contribution in [2.24, 2.45) is 5.92 Å². The molecular weight excluding hydrogens is 394 g/mol. The van der Waals surface area contributed by atoms with Crippen LogP contribution in [-0.4, -0.2) is 75.3 Å². The van der Waals surface area contributed by atoms with E-state index < -0.39 is 0 Å². The Balaban J connectivity index is 1.26. The number of carbonyl (C=O) groups excluding carboxylic acids is 2. The number of urea groups is 1. The number of piperidine rings is 1. The maximum Gasteiger partial charge on any atom is 0.321 e. The average Bonchev–Trinajstić information content (AvgIpc) is 3.50. The van der Waals surface area contributed by atoms with Gasteiger partial charge in [0.2, 0.25) is 5.91 Å². The van der Waals surface area contributed by atoms with E-state index >= 15 is 0 Å². The lowest BCUT2D eigenvalue weighted by Gasteiger charge is -2.32. The SMILES string of the molecule is CCN1CCC[C@H]1CNC(=O)C1CCN(C(=O)Nc2ccccc2-n2cncn2)CC1. The Hall–Kier alpha value is -2.94. The van der Waals surface area contributed by atoms with Crippen LogP contribution in [0.5, 0.6) is 0 Å². The third-order valence-electron chi connectivity index (χ3n) is 6.38. The first-order valence-corrected chi connectivity index (χ1v) is 11.2. The van der Waals surface area contributed by atoms with E-state index in [1.54, 1.807) is 15.9 Å². The molecule has 3 amide bonds. The Bertz CT molecular complexity index is 878. The van der Waals surface area contributed by atoms with Gasteiger partial charge in [0.15, 0.2) is 0 Å². The van der Waals surface area contributed by atoms with Gasteiger partial charge in [-0.2, -0.15) is 5.10 Å². The molecule has 2 aliphatic rings. The van der Waals surface area contributed by atoms with Gasteiger partial charge in [-0.15, -0.1) is 0 Å². The van der Waals surface area contributed by atoms with Gasteiger partial charge in [-0.1, -0.05) is 19.1 Å². The number of para-hydroxylation sites is 2. The molecule has 1 atom stereocenters. The highest BCUT2D eigenvalue weighted by molar-refractivity contribution is 5.91. The van der Waals surface area contributed by atoms with Gasteiger partial charge in [-0.3, -0.25) is 9.69 Å². The molecule has 0 unspecified atom stereocenters. The van der Waals surface area contributed by atoms with Crippen LogP contribution in [0.2, 0.25) is 0 Å². The number of hydrogen-bond donors (Lipinski definition) is 2. The van der Waals surface area contributed by atoms with Crippen molar-refractivity contribution >= 4 is 17.6 Å². The Morgan fingerprint density at radius 1 is 1.13 bits per heavy atom. The van der Waals surface area contributed by atoms with E-state index in [0.717, 1.165) is 31.7 Å². The van der Waals surface area contributed by atoms with Gasteiger partial charge in [-0.25, -0.2) is 14.5 Å². The summed E-state index contributed by atoms with van der Waals surface area (Å²) in [4.78, 5) is 33.6. The van der Waals surface area contributed by atoms with E-state index in [0.29, 0.717) is 37.7 Å². The van der Waals surface area contributed by atoms with Crippen LogP contribution in [0.15, 0.2) is 36.9 Å². The predicted octanol–water partition coefficient (Wildman–Crippen LogP) is 2.11. The number of hydrogen-bond acceptors (Lipinski definition) is 5. The molecule has 31 heavy (non-hydrogen) atoms. The van der Waals surface area contributed by atoms with Crippen LogP contribution in [-0.2, 0) is 4.79 Å². The van der Waals surface area contributed by atoms with Crippen LogP contribution in [0.3, 0.4) is 0 Å². The molecule has 2 aromatic rings. The number of likely N-dealkylation sites (tertiary alicyclic amines) is 2. The fourth-order valence-corrected chi connectivity index (χ4v) is 4.56. The highest BCUT2D eigenvalue weighted by atomic mass is 16.2. The number of aromatic nitrogens is 3. The van der Waals surface area contributed by atoms with Crippen molar-refractivity contribution in [3.63, 3.8) is 0 Å². The first kappa shape index (κ1) is 21.3. The Morgan fingerprint density at radius 2 is 1.94 bits per heavy atom. The van der Waals surface area contributed by atoms with Crippen LogP contribution in [0.4, 0.5) is 10.5 Å². The highest BCUT2D eigenvalue weighted by Crippen LogP contribution is 2.22. The second kappa shape index (κ2) is 9.91. The summed E-state index contributed by atoms with van der Waals surface area (Å²) in [5, 5.41) is 10.3. The molecule has 0 saturated carbocycles. The minimum absolute atomic E-state index is 0.0250. The molecule has 0 bridgehead atoms. The second-order valence-electron chi connectivity index (χ2n) is 8.22. The maximum absolute atomic E-state index is 12.8. The number of anilines is 1. The number of nitrogens with zero attached hydrogens (tertiary/aromatic N) is 5. The van der Waals surface area contributed by atoms with Gasteiger partial charge in [-0.05, 0) is 50.9 Å². The smallest absolute Gasteiger partial charge is 0.321 e. The molecule has 2 aliphatic heterocycles. The highest BCUT2D eigenvalue weighted by Gasteiger charge is 2.29. The molecule has 2 N–H and O–H groups in total. The van der Waals surface area contributed by atoms with Crippen molar-refractivity contribution in [3.8, 4) is 5.69 Å². The standard InChI is InChI=1S/C22H31N7O2/c1-2-27-11-5-6-18(27)14-24-21(30)17-9-12-28(13-10-17)22(31)26-19-7-3-4-8-20(19)29-16-23-15-25-29/h3-4,7-8,15-18H,2,5-6,9-14H2,1H3,(H,24,30)(H,26,31)/t18-/m0/s1. The number of benzene rings is 1. The molecule has 9 heteroatoms. The normalized spacial score (nSPS) is 20.0. The monoisotopic (exact) mass is 425 g/mol. The third-order valence-corrected chi connectivity index (χ3v) is 6.38. The van der Waals surface area contributed by atoms with Gasteiger partial charge in [0.25, 0.3) is 0 Å². The molecule has 9 nitrogen and oxygen atoms in total. The topological polar surface area (TPSA) is 95.4 Å². The Labute approximate surface area is 182 Å². The molecule has 2 saturated heterocycles. The minimum Gasteiger partial charge on any atom is -0.354 e. The van der Waals surface area contributed by atoms with Crippen LogP contribution >= 0.6 is 0 Å². The van der Waals surface area contributed by atoms with Crippen molar-refractivity contribution in [2.75, 3.05) is 38.0 Å². The van der Waals surface area contributed by atoms with Crippen molar-refractivity contribution in [1.29, 1.82) is 0 Å². The van der Waals surface area contributed by atoms with Crippen molar-refractivity contribution in [2.45, 2.75) is 38.6 Å². The molecule has 0 aliphatic carbocycles. The molecule has 2 fully saturated rings. The summed E-state index contributed by atoms with van der Waals surface area (Å²) < 4.78 is 1.62. The lowest BCUT2D eigenvalue weighted by Crippen LogP contribution is -2.46. The number of likely N-dealkylation sites (N-methyl/N-ethyl adjacent to an activating group) is 1. The molecule has 3 heterocycles. The van der Waals surface area contributed by atoms with Crippen LogP contribution in [0.25, 0.3) is 5.69 Å². The van der Waals surface area contributed by atoms with Crippen LogP contribution in [0.1, 0.15) is 32.6 Å². The molecular formula is C22H31N7O2. The first-order valence-electron chi connectivity index (χ1n) is 11.2. The summed E-state index contributed by atoms with van der Waals surface area (Å²) in [6.45, 7) is 6.20. The van der Waals surface area contributed by atoms with Gasteiger partial charge in [0, 0.05) is 31.6 Å². The fourth-order valence-electron chi connectivity index (χ4n) is 4.56. The van der Waals surface area contributed by atoms with Gasteiger partial charge < -0.3 is 15.5 Å². The Kier molecular flexibility index (Phi) is 6.81. The average molecular weight is 426 g/mol. The number of rotatable bonds is 6. The summed E-state index contributed by atoms with van der Waals surface area (Å²) >= 11 is 0. The molecule has 0 radical (unpaired) electrons. The quantitative estimate of drug-likeness (QED) is 0.739. The third kappa shape index (κ3) is 5.04. The van der Waals surface area contributed by atoms with E-state index in [1.165, 1.54) is 12.7 Å². The van der Waals surface area contributed by atoms with Crippen LogP contribution in [0, 0.1) is 5.92 Å². The second-order valence-corrected chi connectivity index (χ2v) is 8.22. The molecule has 1 aromatic heterocycles. The van der Waals surface area contributed by atoms with E-state index in [2.05, 4.69) is 32.5 Å². The maximum atomic E-state index is 12.8. The number of carbonyl (C=O) groups is 2. The van der Waals surface area contributed by atoms with E-state index in [-0.39, 0.29) is 17.9 Å². The lowest BCUT2D eigenvalue weighted by atomic mass is 9.96. The van der Waals surface area contributed by atoms with Gasteiger partial charge >= 0.3 is 6.03 Å². The number of nitrogens with one attached hydrogen (secondary N) is 2. The predicted molar refractivity (Wildman–Crippen MR) is 118 cm³/mol. The summed E-state index contributed by atoms with van der Waals surface area (Å²) in [6, 6.07) is 7.79. The lowest BCUT2D eigenvalue weighted by molar-refractivity contribution is -0.126.